The molecule has 0 aromatic heterocycles. The molecule has 0 aliphatic heterocycles. The number of hydrogen-bond acceptors (Lipinski definition) is 3. The van der Waals surface area contributed by atoms with Crippen LogP contribution in [0.4, 0.5) is 4.39 Å². The van der Waals surface area contributed by atoms with Crippen LogP contribution in [0, 0.1) is 5.82 Å². The second-order valence-electron chi connectivity index (χ2n) is 4.52. The van der Waals surface area contributed by atoms with Gasteiger partial charge in [0.1, 0.15) is 11.9 Å². The molecule has 4 nitrogen and oxygen atoms in total. The Morgan fingerprint density at radius 2 is 2.21 bits per heavy atom. The predicted octanol–water partition coefficient (Wildman–Crippen LogP) is 1.86. The van der Waals surface area contributed by atoms with Crippen LogP contribution in [0.2, 0.25) is 0 Å². The second-order valence-corrected chi connectivity index (χ2v) is 5.44. The van der Waals surface area contributed by atoms with Gasteiger partial charge in [-0.15, -0.1) is 0 Å². The molecule has 0 saturated heterocycles. The molecule has 0 heterocycles. The van der Waals surface area contributed by atoms with Crippen molar-refractivity contribution in [2.45, 2.75) is 18.9 Å². The molecule has 0 radical (unpaired) electrons. The number of halogens is 2. The lowest BCUT2D eigenvalue weighted by Crippen LogP contribution is -2.34. The first-order valence-corrected chi connectivity index (χ1v) is 6.80. The standard InChI is InChI=1S/C13H18BrFN2O2/c1-17(7-5-12(16)13(18)19)6-4-9-8-10(14)2-3-11(9)15/h2-3,8,12H,4-7,16H2,1H3,(H,18,19). The molecule has 1 atom stereocenters. The van der Waals surface area contributed by atoms with Crippen LogP contribution in [-0.4, -0.2) is 42.2 Å². The highest BCUT2D eigenvalue weighted by molar-refractivity contribution is 9.10. The zero-order valence-corrected chi connectivity index (χ0v) is 12.4. The number of rotatable bonds is 7. The van der Waals surface area contributed by atoms with E-state index in [1.807, 2.05) is 11.9 Å². The highest BCUT2D eigenvalue weighted by Gasteiger charge is 2.12. The molecule has 0 spiro atoms. The highest BCUT2D eigenvalue weighted by Crippen LogP contribution is 2.16. The highest BCUT2D eigenvalue weighted by atomic mass is 79.9. The van der Waals surface area contributed by atoms with Gasteiger partial charge in [-0.1, -0.05) is 15.9 Å². The van der Waals surface area contributed by atoms with Gasteiger partial charge in [0, 0.05) is 11.0 Å². The van der Waals surface area contributed by atoms with Crippen molar-refractivity contribution in [3.8, 4) is 0 Å². The fraction of sp³-hybridized carbons (Fsp3) is 0.462. The average molecular weight is 333 g/mol. The van der Waals surface area contributed by atoms with E-state index in [1.54, 1.807) is 12.1 Å². The van der Waals surface area contributed by atoms with E-state index in [-0.39, 0.29) is 5.82 Å². The average Bonchev–Trinajstić information content (AvgIpc) is 2.36. The maximum atomic E-state index is 13.5. The minimum atomic E-state index is -0.994. The number of hydrogen-bond donors (Lipinski definition) is 2. The smallest absolute Gasteiger partial charge is 0.320 e. The Labute approximate surface area is 120 Å². The molecule has 0 saturated carbocycles. The number of carboxylic acids is 1. The molecule has 0 fully saturated rings. The SMILES string of the molecule is CN(CCc1cc(Br)ccc1F)CCC(N)C(=O)O. The predicted molar refractivity (Wildman–Crippen MR) is 75.5 cm³/mol. The molecule has 1 aromatic rings. The van der Waals surface area contributed by atoms with E-state index in [0.717, 1.165) is 4.47 Å². The van der Waals surface area contributed by atoms with Crippen LogP contribution in [-0.2, 0) is 11.2 Å². The lowest BCUT2D eigenvalue weighted by atomic mass is 10.1. The summed E-state index contributed by atoms with van der Waals surface area (Å²) in [5.74, 6) is -1.22. The minimum absolute atomic E-state index is 0.223. The van der Waals surface area contributed by atoms with Gasteiger partial charge in [-0.25, -0.2) is 4.39 Å². The first-order chi connectivity index (χ1) is 8.90. The van der Waals surface area contributed by atoms with Crippen molar-refractivity contribution in [2.24, 2.45) is 5.73 Å². The second kappa shape index (κ2) is 7.57. The Hall–Kier alpha value is -0.980. The zero-order chi connectivity index (χ0) is 14.4. The number of likely N-dealkylation sites (N-methyl/N-ethyl adjacent to an activating group) is 1. The lowest BCUT2D eigenvalue weighted by molar-refractivity contribution is -0.138. The van der Waals surface area contributed by atoms with Crippen molar-refractivity contribution in [2.75, 3.05) is 20.1 Å². The van der Waals surface area contributed by atoms with E-state index < -0.39 is 12.0 Å². The molecule has 6 heteroatoms. The summed E-state index contributed by atoms with van der Waals surface area (Å²) in [5.41, 5.74) is 6.07. The van der Waals surface area contributed by atoms with E-state index in [9.17, 15) is 9.18 Å². The van der Waals surface area contributed by atoms with E-state index >= 15 is 0 Å². The van der Waals surface area contributed by atoms with Gasteiger partial charge in [-0.05, 0) is 50.2 Å². The molecule has 0 bridgehead atoms. The first-order valence-electron chi connectivity index (χ1n) is 6.01. The van der Waals surface area contributed by atoms with Crippen molar-refractivity contribution in [3.05, 3.63) is 34.1 Å². The molecule has 19 heavy (non-hydrogen) atoms. The molecule has 0 aliphatic rings. The van der Waals surface area contributed by atoms with Crippen LogP contribution in [0.5, 0.6) is 0 Å². The molecule has 3 N–H and O–H groups in total. The molecule has 1 unspecified atom stereocenters. The number of nitrogens with two attached hydrogens (primary N) is 1. The Morgan fingerprint density at radius 1 is 1.53 bits per heavy atom. The summed E-state index contributed by atoms with van der Waals surface area (Å²) in [6, 6.07) is 4.01. The van der Waals surface area contributed by atoms with E-state index in [1.165, 1.54) is 6.07 Å². The van der Waals surface area contributed by atoms with Gasteiger partial charge in [-0.3, -0.25) is 4.79 Å². The number of carbonyl (C=O) groups is 1. The lowest BCUT2D eigenvalue weighted by Gasteiger charge is -2.18. The van der Waals surface area contributed by atoms with Crippen molar-refractivity contribution in [1.82, 2.24) is 4.90 Å². The van der Waals surface area contributed by atoms with Gasteiger partial charge in [0.15, 0.2) is 0 Å². The summed E-state index contributed by atoms with van der Waals surface area (Å²) in [5, 5.41) is 8.67. The Morgan fingerprint density at radius 3 is 2.84 bits per heavy atom. The van der Waals surface area contributed by atoms with Crippen molar-refractivity contribution in [1.29, 1.82) is 0 Å². The summed E-state index contributed by atoms with van der Waals surface area (Å²) in [6.45, 7) is 1.23. The Kier molecular flexibility index (Phi) is 6.41. The third kappa shape index (κ3) is 5.67. The molecule has 0 amide bonds. The fourth-order valence-electron chi connectivity index (χ4n) is 1.64. The van der Waals surface area contributed by atoms with Crippen LogP contribution < -0.4 is 5.73 Å². The number of aliphatic carboxylic acids is 1. The molecular weight excluding hydrogens is 315 g/mol. The summed E-state index contributed by atoms with van der Waals surface area (Å²) < 4.78 is 14.3. The molecule has 106 valence electrons. The van der Waals surface area contributed by atoms with Gasteiger partial charge >= 0.3 is 5.97 Å². The topological polar surface area (TPSA) is 66.6 Å². The molecular formula is C13H18BrFN2O2. The maximum Gasteiger partial charge on any atom is 0.320 e. The molecule has 1 rings (SSSR count). The third-order valence-corrected chi connectivity index (χ3v) is 3.40. The third-order valence-electron chi connectivity index (χ3n) is 2.91. The molecule has 0 aliphatic carbocycles. The fourth-order valence-corrected chi connectivity index (χ4v) is 2.05. The van der Waals surface area contributed by atoms with Crippen LogP contribution in [0.25, 0.3) is 0 Å². The van der Waals surface area contributed by atoms with E-state index in [0.29, 0.717) is 31.5 Å². The number of carboxylic acid groups (broad SMARTS) is 1. The Balaban J connectivity index is 2.39. The molecule has 1 aromatic carbocycles. The van der Waals surface area contributed by atoms with Crippen LogP contribution in [0.15, 0.2) is 22.7 Å². The first kappa shape index (κ1) is 16.1. The van der Waals surface area contributed by atoms with Gasteiger partial charge in [-0.2, -0.15) is 0 Å². The van der Waals surface area contributed by atoms with Crippen LogP contribution in [0.1, 0.15) is 12.0 Å². The zero-order valence-electron chi connectivity index (χ0n) is 10.8. The number of nitrogens with zero attached hydrogens (tertiary/aromatic N) is 1. The van der Waals surface area contributed by atoms with Gasteiger partial charge in [0.25, 0.3) is 0 Å². The number of benzene rings is 1. The normalized spacial score (nSPS) is 12.7. The summed E-state index contributed by atoms with van der Waals surface area (Å²) in [7, 11) is 1.87. The van der Waals surface area contributed by atoms with Crippen LogP contribution in [0.3, 0.4) is 0 Å². The maximum absolute atomic E-state index is 13.5. The van der Waals surface area contributed by atoms with E-state index in [4.69, 9.17) is 10.8 Å². The van der Waals surface area contributed by atoms with Crippen LogP contribution >= 0.6 is 15.9 Å². The minimum Gasteiger partial charge on any atom is -0.480 e. The van der Waals surface area contributed by atoms with Crippen molar-refractivity contribution < 1.29 is 14.3 Å². The summed E-state index contributed by atoms with van der Waals surface area (Å²) >= 11 is 3.31. The van der Waals surface area contributed by atoms with Gasteiger partial charge in [0.05, 0.1) is 0 Å². The summed E-state index contributed by atoms with van der Waals surface area (Å²) in [6.07, 6.45) is 0.955. The monoisotopic (exact) mass is 332 g/mol. The van der Waals surface area contributed by atoms with Gasteiger partial charge < -0.3 is 15.7 Å². The Bertz CT molecular complexity index is 443. The van der Waals surface area contributed by atoms with Gasteiger partial charge in [0.2, 0.25) is 0 Å². The van der Waals surface area contributed by atoms with E-state index in [2.05, 4.69) is 15.9 Å². The van der Waals surface area contributed by atoms with Crippen molar-refractivity contribution in [3.63, 3.8) is 0 Å². The largest absolute Gasteiger partial charge is 0.480 e. The van der Waals surface area contributed by atoms with Crippen molar-refractivity contribution >= 4 is 21.9 Å². The summed E-state index contributed by atoms with van der Waals surface area (Å²) in [4.78, 5) is 12.5. The quantitative estimate of drug-likeness (QED) is 0.799.